The monoisotopic (exact) mass is 260 g/mol. The van der Waals surface area contributed by atoms with Crippen LogP contribution in [0.3, 0.4) is 0 Å². The van der Waals surface area contributed by atoms with Crippen molar-refractivity contribution in [3.8, 4) is 11.5 Å². The number of nitrogens with zero attached hydrogens (tertiary/aromatic N) is 2. The molecule has 3 rings (SSSR count). The Kier molecular flexibility index (Phi) is 2.91. The van der Waals surface area contributed by atoms with Crippen molar-refractivity contribution in [3.05, 3.63) is 41.7 Å². The minimum absolute atomic E-state index is 0.0968. The van der Waals surface area contributed by atoms with Crippen molar-refractivity contribution in [2.75, 3.05) is 13.7 Å². The summed E-state index contributed by atoms with van der Waals surface area (Å²) >= 11 is 0. The molecule has 1 N–H and O–H groups in total. The Morgan fingerprint density at radius 2 is 2.26 bits per heavy atom. The smallest absolute Gasteiger partial charge is 0.162 e. The van der Waals surface area contributed by atoms with Crippen LogP contribution in [0.1, 0.15) is 23.3 Å². The molecule has 2 heterocycles. The van der Waals surface area contributed by atoms with Gasteiger partial charge in [0.1, 0.15) is 17.5 Å². The zero-order chi connectivity index (χ0) is 13.4. The summed E-state index contributed by atoms with van der Waals surface area (Å²) in [4.78, 5) is 0. The Morgan fingerprint density at radius 1 is 1.47 bits per heavy atom. The topological polar surface area (TPSA) is 56.5 Å². The van der Waals surface area contributed by atoms with Crippen LogP contribution in [0.15, 0.2) is 30.5 Å². The van der Waals surface area contributed by atoms with Crippen molar-refractivity contribution in [2.45, 2.75) is 12.0 Å². The summed E-state index contributed by atoms with van der Waals surface area (Å²) in [6.07, 6.45) is 0.909. The molecule has 19 heavy (non-hydrogen) atoms. The van der Waals surface area contributed by atoms with Gasteiger partial charge in [-0.2, -0.15) is 5.10 Å². The second kappa shape index (κ2) is 4.59. The zero-order valence-corrected chi connectivity index (χ0v) is 10.9. The first-order valence-corrected chi connectivity index (χ1v) is 6.18. The molecule has 0 spiro atoms. The summed E-state index contributed by atoms with van der Waals surface area (Å²) in [6, 6.07) is 7.79. The molecular weight excluding hydrogens is 244 g/mol. The molecule has 0 aliphatic carbocycles. The third-order valence-corrected chi connectivity index (χ3v) is 3.57. The van der Waals surface area contributed by atoms with Crippen LogP contribution < -0.4 is 9.47 Å². The van der Waals surface area contributed by atoms with Crippen LogP contribution in [0.4, 0.5) is 0 Å². The van der Waals surface area contributed by atoms with E-state index in [2.05, 4.69) is 5.10 Å². The van der Waals surface area contributed by atoms with Crippen LogP contribution in [-0.2, 0) is 7.05 Å². The lowest BCUT2D eigenvalue weighted by Gasteiger charge is -2.18. The number of aryl methyl sites for hydroxylation is 1. The summed E-state index contributed by atoms with van der Waals surface area (Å²) < 4.78 is 12.5. The fourth-order valence-electron chi connectivity index (χ4n) is 2.56. The Balaban J connectivity index is 1.97. The molecule has 0 saturated carbocycles. The maximum Gasteiger partial charge on any atom is 0.162 e. The summed E-state index contributed by atoms with van der Waals surface area (Å²) in [5, 5.41) is 14.8. The highest BCUT2D eigenvalue weighted by Crippen LogP contribution is 2.42. The average molecular weight is 260 g/mol. The van der Waals surface area contributed by atoms with Gasteiger partial charge in [-0.25, -0.2) is 0 Å². The van der Waals surface area contributed by atoms with Gasteiger partial charge in [-0.05, 0) is 6.07 Å². The number of aromatic nitrogens is 2. The number of hydrogen-bond acceptors (Lipinski definition) is 4. The largest absolute Gasteiger partial charge is 0.493 e. The van der Waals surface area contributed by atoms with E-state index < -0.39 is 6.10 Å². The first-order valence-electron chi connectivity index (χ1n) is 6.18. The van der Waals surface area contributed by atoms with Crippen molar-refractivity contribution < 1.29 is 14.6 Å². The van der Waals surface area contributed by atoms with Gasteiger partial charge in [0.05, 0.1) is 25.8 Å². The van der Waals surface area contributed by atoms with Crippen LogP contribution in [-0.4, -0.2) is 28.6 Å². The first kappa shape index (κ1) is 12.0. The molecule has 5 heteroatoms. The Bertz CT molecular complexity index is 594. The Morgan fingerprint density at radius 3 is 3.05 bits per heavy atom. The zero-order valence-electron chi connectivity index (χ0n) is 10.9. The quantitative estimate of drug-likeness (QED) is 0.911. The number of para-hydroxylation sites is 1. The molecule has 1 aliphatic rings. The van der Waals surface area contributed by atoms with Gasteiger partial charge in [0.25, 0.3) is 0 Å². The molecule has 0 radical (unpaired) electrons. The maximum absolute atomic E-state index is 10.6. The lowest BCUT2D eigenvalue weighted by atomic mass is 9.93. The Labute approximate surface area is 111 Å². The molecular formula is C14H16N2O3. The van der Waals surface area contributed by atoms with Gasteiger partial charge < -0.3 is 14.6 Å². The van der Waals surface area contributed by atoms with Gasteiger partial charge in [0, 0.05) is 12.6 Å². The van der Waals surface area contributed by atoms with Crippen LogP contribution in [0.2, 0.25) is 0 Å². The summed E-state index contributed by atoms with van der Waals surface area (Å²) in [5.41, 5.74) is 1.70. The van der Waals surface area contributed by atoms with E-state index in [1.54, 1.807) is 25.0 Å². The lowest BCUT2D eigenvalue weighted by molar-refractivity contribution is 0.119. The van der Waals surface area contributed by atoms with E-state index in [-0.39, 0.29) is 5.92 Å². The number of rotatable bonds is 3. The van der Waals surface area contributed by atoms with Crippen molar-refractivity contribution in [3.63, 3.8) is 0 Å². The molecule has 0 saturated heterocycles. The molecule has 1 aromatic carbocycles. The van der Waals surface area contributed by atoms with E-state index in [4.69, 9.17) is 9.47 Å². The van der Waals surface area contributed by atoms with Crippen molar-refractivity contribution in [1.29, 1.82) is 0 Å². The number of hydrogen-bond donors (Lipinski definition) is 1. The van der Waals surface area contributed by atoms with E-state index in [1.165, 1.54) is 0 Å². The van der Waals surface area contributed by atoms with E-state index in [0.29, 0.717) is 18.1 Å². The number of aliphatic hydroxyl groups excluding tert-OH is 1. The standard InChI is InChI=1S/C14H16N2O3/c1-16-13(12(18-2)7-15-16)14(17)10-8-19-11-6-4-3-5-9(10)11/h3-7,10,14,17H,8H2,1-2H3. The number of methoxy groups -OCH3 is 1. The number of ether oxygens (including phenoxy) is 2. The molecule has 0 fully saturated rings. The minimum Gasteiger partial charge on any atom is -0.493 e. The van der Waals surface area contributed by atoms with E-state index in [9.17, 15) is 5.11 Å². The van der Waals surface area contributed by atoms with Crippen molar-refractivity contribution in [2.24, 2.45) is 7.05 Å². The first-order chi connectivity index (χ1) is 9.22. The molecule has 0 bridgehead atoms. The Hall–Kier alpha value is -2.01. The highest BCUT2D eigenvalue weighted by Gasteiger charge is 2.34. The van der Waals surface area contributed by atoms with Crippen LogP contribution >= 0.6 is 0 Å². The summed E-state index contributed by atoms with van der Waals surface area (Å²) in [5.74, 6) is 1.34. The molecule has 2 aromatic rings. The van der Waals surface area contributed by atoms with E-state index in [0.717, 1.165) is 11.3 Å². The van der Waals surface area contributed by atoms with Gasteiger partial charge in [0.2, 0.25) is 0 Å². The van der Waals surface area contributed by atoms with Gasteiger partial charge >= 0.3 is 0 Å². The predicted octanol–water partition coefficient (Wildman–Crippen LogP) is 1.64. The maximum atomic E-state index is 10.6. The summed E-state index contributed by atoms with van der Waals surface area (Å²) in [7, 11) is 3.37. The number of aliphatic hydroxyl groups is 1. The number of benzene rings is 1. The third kappa shape index (κ3) is 1.86. The molecule has 0 amide bonds. The molecule has 1 aromatic heterocycles. The van der Waals surface area contributed by atoms with Gasteiger partial charge in [-0.15, -0.1) is 0 Å². The fraction of sp³-hybridized carbons (Fsp3) is 0.357. The normalized spacial score (nSPS) is 18.8. The minimum atomic E-state index is -0.703. The highest BCUT2D eigenvalue weighted by atomic mass is 16.5. The SMILES string of the molecule is COc1cnn(C)c1C(O)C1COc2ccccc21. The second-order valence-electron chi connectivity index (χ2n) is 4.62. The lowest BCUT2D eigenvalue weighted by Crippen LogP contribution is -2.16. The van der Waals surface area contributed by atoms with Gasteiger partial charge in [-0.3, -0.25) is 4.68 Å². The highest BCUT2D eigenvalue weighted by molar-refractivity contribution is 5.42. The average Bonchev–Trinajstić information content (AvgIpc) is 3.01. The van der Waals surface area contributed by atoms with Gasteiger partial charge in [-0.1, -0.05) is 18.2 Å². The number of fused-ring (bicyclic) bond motifs is 1. The van der Waals surface area contributed by atoms with E-state index in [1.807, 2.05) is 24.3 Å². The van der Waals surface area contributed by atoms with Crippen LogP contribution in [0, 0.1) is 0 Å². The fourth-order valence-corrected chi connectivity index (χ4v) is 2.56. The predicted molar refractivity (Wildman–Crippen MR) is 69.4 cm³/mol. The molecule has 2 atom stereocenters. The van der Waals surface area contributed by atoms with Crippen molar-refractivity contribution in [1.82, 2.24) is 9.78 Å². The third-order valence-electron chi connectivity index (χ3n) is 3.57. The van der Waals surface area contributed by atoms with Gasteiger partial charge in [0.15, 0.2) is 5.75 Å². The van der Waals surface area contributed by atoms with Crippen LogP contribution in [0.25, 0.3) is 0 Å². The molecule has 5 nitrogen and oxygen atoms in total. The van der Waals surface area contributed by atoms with E-state index >= 15 is 0 Å². The van der Waals surface area contributed by atoms with Crippen LogP contribution in [0.5, 0.6) is 11.5 Å². The molecule has 2 unspecified atom stereocenters. The van der Waals surface area contributed by atoms with Crippen molar-refractivity contribution >= 4 is 0 Å². The molecule has 1 aliphatic heterocycles. The summed E-state index contributed by atoms with van der Waals surface area (Å²) in [6.45, 7) is 0.467. The second-order valence-corrected chi connectivity index (χ2v) is 4.62. The molecule has 100 valence electrons.